The van der Waals surface area contributed by atoms with Crippen molar-refractivity contribution >= 4 is 40.3 Å². The summed E-state index contributed by atoms with van der Waals surface area (Å²) >= 11 is 2.07. The maximum absolute atomic E-state index is 13.4. The number of carbonyl (C=O) groups excluding carboxylic acids is 1. The second-order valence-electron chi connectivity index (χ2n) is 6.81. The van der Waals surface area contributed by atoms with Crippen LogP contribution < -0.4 is 14.8 Å². The number of hydrogen-bond acceptors (Lipinski definition) is 4. The molecule has 0 aromatic heterocycles. The minimum Gasteiger partial charge on any atom is -0.490 e. The van der Waals surface area contributed by atoms with Gasteiger partial charge in [0.15, 0.2) is 11.5 Å². The smallest absolute Gasteiger partial charge is 0.266 e. The van der Waals surface area contributed by atoms with E-state index in [2.05, 4.69) is 27.9 Å². The fourth-order valence-corrected chi connectivity index (χ4v) is 3.68. The molecule has 8 heteroatoms. The highest BCUT2D eigenvalue weighted by molar-refractivity contribution is 14.1. The molecule has 0 aliphatic heterocycles. The highest BCUT2D eigenvalue weighted by atomic mass is 127. The molecule has 1 amide bonds. The van der Waals surface area contributed by atoms with Crippen molar-refractivity contribution in [3.8, 4) is 17.6 Å². The third-order valence-electron chi connectivity index (χ3n) is 4.38. The van der Waals surface area contributed by atoms with Crippen molar-refractivity contribution in [2.75, 3.05) is 11.9 Å². The van der Waals surface area contributed by atoms with Crippen molar-refractivity contribution in [3.63, 3.8) is 0 Å². The zero-order valence-corrected chi connectivity index (χ0v) is 19.7. The number of nitrogens with zero attached hydrogens (tertiary/aromatic N) is 1. The number of ether oxygens (including phenoxy) is 2. The Hall–Kier alpha value is -3.45. The Kier molecular flexibility index (Phi) is 8.38. The topological polar surface area (TPSA) is 71.3 Å². The number of halogens is 3. The molecule has 0 bridgehead atoms. The van der Waals surface area contributed by atoms with Gasteiger partial charge < -0.3 is 14.8 Å². The van der Waals surface area contributed by atoms with Crippen LogP contribution in [0.4, 0.5) is 14.5 Å². The van der Waals surface area contributed by atoms with Crippen LogP contribution in [0.1, 0.15) is 18.1 Å². The SMILES string of the molecule is CCOc1cc(/C=C(\C#N)C(=O)Nc2ccc(F)cc2)cc(I)c1OCc1cccc(F)c1. The van der Waals surface area contributed by atoms with Crippen molar-refractivity contribution < 1.29 is 23.0 Å². The van der Waals surface area contributed by atoms with Crippen LogP contribution in [0.5, 0.6) is 11.5 Å². The third-order valence-corrected chi connectivity index (χ3v) is 5.18. The maximum atomic E-state index is 13.4. The van der Waals surface area contributed by atoms with Crippen molar-refractivity contribution in [3.05, 3.63) is 92.6 Å². The molecule has 0 atom stereocenters. The fourth-order valence-electron chi connectivity index (χ4n) is 2.90. The highest BCUT2D eigenvalue weighted by Crippen LogP contribution is 2.35. The summed E-state index contributed by atoms with van der Waals surface area (Å²) in [6.07, 6.45) is 1.43. The average Bonchev–Trinajstić information content (AvgIpc) is 2.78. The molecule has 0 saturated heterocycles. The van der Waals surface area contributed by atoms with Crippen LogP contribution in [0, 0.1) is 26.5 Å². The molecule has 168 valence electrons. The average molecular weight is 560 g/mol. The summed E-state index contributed by atoms with van der Waals surface area (Å²) < 4.78 is 38.8. The predicted octanol–water partition coefficient (Wildman–Crippen LogP) is 6.09. The van der Waals surface area contributed by atoms with E-state index in [4.69, 9.17) is 9.47 Å². The Balaban J connectivity index is 1.84. The zero-order chi connectivity index (χ0) is 23.8. The van der Waals surface area contributed by atoms with Gasteiger partial charge in [0.2, 0.25) is 0 Å². The number of anilines is 1. The van der Waals surface area contributed by atoms with E-state index in [-0.39, 0.29) is 18.0 Å². The summed E-state index contributed by atoms with van der Waals surface area (Å²) in [4.78, 5) is 12.5. The van der Waals surface area contributed by atoms with E-state index < -0.39 is 11.7 Å². The van der Waals surface area contributed by atoms with E-state index in [0.717, 1.165) is 0 Å². The van der Waals surface area contributed by atoms with Gasteiger partial charge in [0.25, 0.3) is 5.91 Å². The van der Waals surface area contributed by atoms with Crippen LogP contribution in [0.2, 0.25) is 0 Å². The summed E-state index contributed by atoms with van der Waals surface area (Å²) in [5.41, 5.74) is 1.47. The van der Waals surface area contributed by atoms with E-state index in [1.807, 2.05) is 13.0 Å². The summed E-state index contributed by atoms with van der Waals surface area (Å²) in [5.74, 6) is -0.485. The molecular weight excluding hydrogens is 541 g/mol. The lowest BCUT2D eigenvalue weighted by Crippen LogP contribution is -2.13. The molecule has 0 fully saturated rings. The molecule has 1 N–H and O–H groups in total. The first kappa shape index (κ1) is 24.2. The summed E-state index contributed by atoms with van der Waals surface area (Å²) in [6.45, 7) is 2.34. The number of carbonyl (C=O) groups is 1. The van der Waals surface area contributed by atoms with Gasteiger partial charge in [-0.3, -0.25) is 4.79 Å². The van der Waals surface area contributed by atoms with Crippen molar-refractivity contribution in [2.24, 2.45) is 0 Å². The van der Waals surface area contributed by atoms with Gasteiger partial charge in [0, 0.05) is 5.69 Å². The number of amides is 1. The predicted molar refractivity (Wildman–Crippen MR) is 130 cm³/mol. The van der Waals surface area contributed by atoms with E-state index in [1.165, 1.54) is 42.5 Å². The number of nitriles is 1. The Morgan fingerprint density at radius 1 is 1.09 bits per heavy atom. The molecule has 0 heterocycles. The quantitative estimate of drug-likeness (QED) is 0.206. The monoisotopic (exact) mass is 560 g/mol. The summed E-state index contributed by atoms with van der Waals surface area (Å²) in [7, 11) is 0. The number of benzene rings is 3. The third kappa shape index (κ3) is 6.76. The van der Waals surface area contributed by atoms with E-state index in [0.29, 0.717) is 38.5 Å². The fraction of sp³-hybridized carbons (Fsp3) is 0.120. The number of rotatable bonds is 8. The summed E-state index contributed by atoms with van der Waals surface area (Å²) in [6, 6.07) is 16.6. The van der Waals surface area contributed by atoms with Gasteiger partial charge in [-0.1, -0.05) is 12.1 Å². The molecule has 0 aliphatic carbocycles. The molecule has 3 aromatic carbocycles. The largest absolute Gasteiger partial charge is 0.490 e. The van der Waals surface area contributed by atoms with Gasteiger partial charge in [-0.15, -0.1) is 0 Å². The van der Waals surface area contributed by atoms with Crippen LogP contribution in [-0.4, -0.2) is 12.5 Å². The maximum Gasteiger partial charge on any atom is 0.266 e. The van der Waals surface area contributed by atoms with E-state index in [9.17, 15) is 18.8 Å². The number of hydrogen-bond donors (Lipinski definition) is 1. The Morgan fingerprint density at radius 2 is 1.85 bits per heavy atom. The molecule has 33 heavy (non-hydrogen) atoms. The Morgan fingerprint density at radius 3 is 2.52 bits per heavy atom. The molecule has 0 spiro atoms. The van der Waals surface area contributed by atoms with Crippen molar-refractivity contribution in [1.29, 1.82) is 5.26 Å². The second-order valence-corrected chi connectivity index (χ2v) is 7.97. The Labute approximate surface area is 203 Å². The van der Waals surface area contributed by atoms with Gasteiger partial charge in [0.1, 0.15) is 29.9 Å². The van der Waals surface area contributed by atoms with E-state index in [1.54, 1.807) is 24.3 Å². The molecular formula is C25H19F2IN2O3. The van der Waals surface area contributed by atoms with Crippen LogP contribution in [-0.2, 0) is 11.4 Å². The van der Waals surface area contributed by atoms with Gasteiger partial charge in [-0.2, -0.15) is 5.26 Å². The molecule has 0 radical (unpaired) electrons. The van der Waals surface area contributed by atoms with Gasteiger partial charge >= 0.3 is 0 Å². The molecule has 0 unspecified atom stereocenters. The lowest BCUT2D eigenvalue weighted by Gasteiger charge is -2.15. The van der Waals surface area contributed by atoms with Gasteiger partial charge in [-0.05, 0) is 95.2 Å². The molecule has 0 aliphatic rings. The van der Waals surface area contributed by atoms with Gasteiger partial charge in [0.05, 0.1) is 10.2 Å². The second kappa shape index (κ2) is 11.4. The molecule has 3 rings (SSSR count). The van der Waals surface area contributed by atoms with Crippen LogP contribution in [0.15, 0.2) is 66.2 Å². The molecule has 0 saturated carbocycles. The van der Waals surface area contributed by atoms with Crippen LogP contribution >= 0.6 is 22.6 Å². The lowest BCUT2D eigenvalue weighted by molar-refractivity contribution is -0.112. The molecule has 3 aromatic rings. The van der Waals surface area contributed by atoms with Crippen molar-refractivity contribution in [1.82, 2.24) is 0 Å². The lowest BCUT2D eigenvalue weighted by atomic mass is 10.1. The first-order valence-electron chi connectivity index (χ1n) is 9.92. The first-order chi connectivity index (χ1) is 15.9. The van der Waals surface area contributed by atoms with Crippen LogP contribution in [0.3, 0.4) is 0 Å². The highest BCUT2D eigenvalue weighted by Gasteiger charge is 2.15. The number of nitrogens with one attached hydrogen (secondary N) is 1. The molecule has 5 nitrogen and oxygen atoms in total. The van der Waals surface area contributed by atoms with Crippen LogP contribution in [0.25, 0.3) is 6.08 Å². The minimum atomic E-state index is -0.622. The Bertz CT molecular complexity index is 1220. The standard InChI is InChI=1S/C25H19F2IN2O3/c1-2-32-23-13-17(10-18(14-29)25(31)30-21-8-6-19(26)7-9-21)12-22(28)24(23)33-15-16-4-3-5-20(27)11-16/h3-13H,2,15H2,1H3,(H,30,31)/b18-10+. The van der Waals surface area contributed by atoms with Gasteiger partial charge in [-0.25, -0.2) is 8.78 Å². The van der Waals surface area contributed by atoms with Crippen molar-refractivity contribution in [2.45, 2.75) is 13.5 Å². The summed E-state index contributed by atoms with van der Waals surface area (Å²) in [5, 5.41) is 12.0. The minimum absolute atomic E-state index is 0.133. The first-order valence-corrected chi connectivity index (χ1v) is 11.0. The van der Waals surface area contributed by atoms with E-state index >= 15 is 0 Å². The zero-order valence-electron chi connectivity index (χ0n) is 17.6. The normalized spacial score (nSPS) is 10.9.